The van der Waals surface area contributed by atoms with E-state index in [4.69, 9.17) is 10.2 Å². The number of rotatable bonds is 7. The molecule has 1 saturated heterocycles. The van der Waals surface area contributed by atoms with Gasteiger partial charge < -0.3 is 15.1 Å². The summed E-state index contributed by atoms with van der Waals surface area (Å²) in [6.07, 6.45) is 2.27. The average Bonchev–Trinajstić information content (AvgIpc) is 3.64. The number of likely N-dealkylation sites (tertiary alicyclic amines) is 1. The second-order valence-corrected chi connectivity index (χ2v) is 10.4. The molecule has 186 valence electrons. The summed E-state index contributed by atoms with van der Waals surface area (Å²) in [5, 5.41) is 11.3. The third-order valence-electron chi connectivity index (χ3n) is 6.40. The molecule has 0 spiro atoms. The van der Waals surface area contributed by atoms with E-state index < -0.39 is 12.2 Å². The van der Waals surface area contributed by atoms with Crippen LogP contribution in [0, 0.1) is 6.92 Å². The lowest BCUT2D eigenvalue weighted by Gasteiger charge is -2.23. The zero-order valence-corrected chi connectivity index (χ0v) is 21.1. The molecule has 2 N–H and O–H groups in total. The number of alkyl halides is 1. The smallest absolute Gasteiger partial charge is 0.254 e. The van der Waals surface area contributed by atoms with Gasteiger partial charge in [0.2, 0.25) is 11.8 Å². The third kappa shape index (κ3) is 4.94. The van der Waals surface area contributed by atoms with E-state index in [2.05, 4.69) is 15.2 Å². The molecular weight excluding hydrogens is 477 g/mol. The lowest BCUT2D eigenvalue weighted by molar-refractivity contribution is 0.0735. The summed E-state index contributed by atoms with van der Waals surface area (Å²) in [4.78, 5) is 20.0. The van der Waals surface area contributed by atoms with Gasteiger partial charge in [-0.25, -0.2) is 9.37 Å². The third-order valence-corrected chi connectivity index (χ3v) is 7.47. The minimum Gasteiger partial charge on any atom is -0.419 e. The van der Waals surface area contributed by atoms with Gasteiger partial charge in [0.25, 0.3) is 5.91 Å². The van der Waals surface area contributed by atoms with Crippen molar-refractivity contribution in [1.29, 1.82) is 0 Å². The summed E-state index contributed by atoms with van der Waals surface area (Å²) < 4.78 is 19.8. The monoisotopic (exact) mass is 505 g/mol. The van der Waals surface area contributed by atoms with Crippen molar-refractivity contribution < 1.29 is 13.6 Å². The zero-order chi connectivity index (χ0) is 25.3. The van der Waals surface area contributed by atoms with Crippen molar-refractivity contribution in [2.75, 3.05) is 6.54 Å². The molecule has 0 saturated carbocycles. The topological polar surface area (TPSA) is 98.1 Å². The van der Waals surface area contributed by atoms with Crippen LogP contribution in [0.4, 0.5) is 4.39 Å². The number of carbonyl (C=O) groups is 1. The number of nitrogens with two attached hydrogens (primary N) is 1. The minimum atomic E-state index is -0.891. The largest absolute Gasteiger partial charge is 0.419 e. The van der Waals surface area contributed by atoms with Crippen LogP contribution in [0.25, 0.3) is 11.5 Å². The molecular formula is C27H28FN5O2S. The Labute approximate surface area is 213 Å². The fourth-order valence-electron chi connectivity index (χ4n) is 4.64. The van der Waals surface area contributed by atoms with Gasteiger partial charge >= 0.3 is 0 Å². The van der Waals surface area contributed by atoms with Crippen LogP contribution in [0.1, 0.15) is 63.9 Å². The Kier molecular flexibility index (Phi) is 6.68. The standard InChI is InChI=1S/C27H28FN5O2S/c1-17-16-36-24(30-17)22-9-6-10-33(22)25(34)21-12-19(15-28)11-20(13-21)23-31-32-26(35-23)27(2,29)14-18-7-4-3-5-8-18/h3-5,7-8,11-13,16,22H,6,9-10,14-15,29H2,1-2H3/t22-,27-/m1/s1. The average molecular weight is 506 g/mol. The van der Waals surface area contributed by atoms with Crippen LogP contribution in [0.2, 0.25) is 0 Å². The zero-order valence-electron chi connectivity index (χ0n) is 20.3. The van der Waals surface area contributed by atoms with E-state index in [1.807, 2.05) is 54.5 Å². The summed E-state index contributed by atoms with van der Waals surface area (Å²) in [5.74, 6) is 0.320. The van der Waals surface area contributed by atoms with Crippen molar-refractivity contribution >= 4 is 17.2 Å². The van der Waals surface area contributed by atoms with Gasteiger partial charge in [0.15, 0.2) is 0 Å². The molecule has 1 aliphatic rings. The number of aryl methyl sites for hydroxylation is 1. The summed E-state index contributed by atoms with van der Waals surface area (Å²) in [7, 11) is 0. The molecule has 36 heavy (non-hydrogen) atoms. The second kappa shape index (κ2) is 9.91. The van der Waals surface area contributed by atoms with Crippen LogP contribution < -0.4 is 5.73 Å². The van der Waals surface area contributed by atoms with Gasteiger partial charge in [-0.15, -0.1) is 21.5 Å². The van der Waals surface area contributed by atoms with Gasteiger partial charge in [0.1, 0.15) is 11.7 Å². The van der Waals surface area contributed by atoms with Crippen molar-refractivity contribution in [2.24, 2.45) is 5.73 Å². The summed E-state index contributed by atoms with van der Waals surface area (Å²) in [6, 6.07) is 14.7. The molecule has 0 aliphatic carbocycles. The quantitative estimate of drug-likeness (QED) is 0.363. The van der Waals surface area contributed by atoms with Crippen LogP contribution in [0.15, 0.2) is 58.3 Å². The highest BCUT2D eigenvalue weighted by atomic mass is 32.1. The molecule has 1 aliphatic heterocycles. The molecule has 2 aromatic carbocycles. The molecule has 7 nitrogen and oxygen atoms in total. The molecule has 2 atom stereocenters. The fraction of sp³-hybridized carbons (Fsp3) is 0.333. The van der Waals surface area contributed by atoms with Crippen molar-refractivity contribution in [1.82, 2.24) is 20.1 Å². The number of hydrogen-bond acceptors (Lipinski definition) is 7. The lowest BCUT2D eigenvalue weighted by atomic mass is 9.94. The van der Waals surface area contributed by atoms with Crippen LogP contribution in [0.5, 0.6) is 0 Å². The van der Waals surface area contributed by atoms with Crippen molar-refractivity contribution in [2.45, 2.75) is 51.4 Å². The lowest BCUT2D eigenvalue weighted by Crippen LogP contribution is -2.35. The van der Waals surface area contributed by atoms with Crippen molar-refractivity contribution in [3.8, 4) is 11.5 Å². The Bertz CT molecular complexity index is 1370. The highest BCUT2D eigenvalue weighted by Crippen LogP contribution is 2.35. The molecule has 0 unspecified atom stereocenters. The molecule has 3 heterocycles. The van der Waals surface area contributed by atoms with E-state index in [0.717, 1.165) is 29.1 Å². The van der Waals surface area contributed by atoms with Gasteiger partial charge in [0.05, 0.1) is 11.6 Å². The normalized spacial score (nSPS) is 17.3. The molecule has 4 aromatic rings. The first-order valence-corrected chi connectivity index (χ1v) is 12.8. The van der Waals surface area contributed by atoms with Gasteiger partial charge in [-0.2, -0.15) is 0 Å². The maximum atomic E-state index is 13.8. The molecule has 0 bridgehead atoms. The highest BCUT2D eigenvalue weighted by Gasteiger charge is 2.33. The van der Waals surface area contributed by atoms with E-state index in [1.165, 1.54) is 0 Å². The Balaban J connectivity index is 1.42. The van der Waals surface area contributed by atoms with Crippen molar-refractivity contribution in [3.05, 3.63) is 87.2 Å². The first kappa shape index (κ1) is 24.3. The first-order chi connectivity index (χ1) is 17.3. The Morgan fingerprint density at radius 3 is 2.75 bits per heavy atom. The predicted octanol–water partition coefficient (Wildman–Crippen LogP) is 5.36. The van der Waals surface area contributed by atoms with Gasteiger partial charge in [-0.3, -0.25) is 4.79 Å². The Hall–Kier alpha value is -3.43. The summed E-state index contributed by atoms with van der Waals surface area (Å²) in [6.45, 7) is 3.70. The number of thiazole rings is 1. The van der Waals surface area contributed by atoms with E-state index in [0.29, 0.717) is 29.7 Å². The number of carbonyl (C=O) groups excluding carboxylic acids is 1. The minimum absolute atomic E-state index is 0.0698. The van der Waals surface area contributed by atoms with E-state index >= 15 is 0 Å². The SMILES string of the molecule is Cc1csc([C@H]2CCCN2C(=O)c2cc(CF)cc(-c3nnc([C@](C)(N)Cc4ccccc4)o3)c2)n1. The first-order valence-electron chi connectivity index (χ1n) is 11.9. The number of nitrogens with zero attached hydrogens (tertiary/aromatic N) is 4. The summed E-state index contributed by atoms with van der Waals surface area (Å²) in [5.41, 5.74) is 8.88. The van der Waals surface area contributed by atoms with Crippen LogP contribution in [-0.4, -0.2) is 32.5 Å². The molecule has 1 fully saturated rings. The Morgan fingerprint density at radius 1 is 1.22 bits per heavy atom. The molecule has 0 radical (unpaired) electrons. The Morgan fingerprint density at radius 2 is 2.03 bits per heavy atom. The van der Waals surface area contributed by atoms with Gasteiger partial charge in [-0.1, -0.05) is 30.3 Å². The van der Waals surface area contributed by atoms with Gasteiger partial charge in [0, 0.05) is 28.7 Å². The van der Waals surface area contributed by atoms with E-state index in [-0.39, 0.29) is 23.7 Å². The predicted molar refractivity (Wildman–Crippen MR) is 136 cm³/mol. The maximum Gasteiger partial charge on any atom is 0.254 e. The van der Waals surface area contributed by atoms with E-state index in [9.17, 15) is 9.18 Å². The molecule has 1 amide bonds. The molecule has 9 heteroatoms. The van der Waals surface area contributed by atoms with Crippen LogP contribution in [0.3, 0.4) is 0 Å². The number of halogens is 1. The van der Waals surface area contributed by atoms with Crippen LogP contribution >= 0.6 is 11.3 Å². The number of aromatic nitrogens is 3. The highest BCUT2D eigenvalue weighted by molar-refractivity contribution is 7.09. The summed E-state index contributed by atoms with van der Waals surface area (Å²) >= 11 is 1.57. The second-order valence-electron chi connectivity index (χ2n) is 9.53. The number of benzene rings is 2. The van der Waals surface area contributed by atoms with E-state index in [1.54, 1.807) is 29.5 Å². The number of hydrogen-bond donors (Lipinski definition) is 1. The molecule has 2 aromatic heterocycles. The number of amides is 1. The molecule has 5 rings (SSSR count). The van der Waals surface area contributed by atoms with Crippen molar-refractivity contribution in [3.63, 3.8) is 0 Å². The van der Waals surface area contributed by atoms with Crippen LogP contribution in [-0.2, 0) is 18.6 Å². The maximum absolute atomic E-state index is 13.8. The van der Waals surface area contributed by atoms with Gasteiger partial charge in [-0.05, 0) is 62.4 Å². The fourth-order valence-corrected chi connectivity index (χ4v) is 5.58.